The molecule has 2 bridgehead atoms. The summed E-state index contributed by atoms with van der Waals surface area (Å²) >= 11 is 0. The van der Waals surface area contributed by atoms with Gasteiger partial charge in [0.2, 0.25) is 0 Å². The third-order valence-electron chi connectivity index (χ3n) is 7.03. The lowest BCUT2D eigenvalue weighted by Crippen LogP contribution is -2.56. The van der Waals surface area contributed by atoms with Gasteiger partial charge in [-0.05, 0) is 19.4 Å². The van der Waals surface area contributed by atoms with Crippen LogP contribution in [0, 0.1) is 24.2 Å². The van der Waals surface area contributed by atoms with Crippen LogP contribution in [0.3, 0.4) is 0 Å². The number of rotatable bonds is 2. The second kappa shape index (κ2) is 4.82. The first-order chi connectivity index (χ1) is 11.1. The number of aliphatic hydroxyl groups excluding tert-OH is 2. The monoisotopic (exact) mass is 332 g/mol. The van der Waals surface area contributed by atoms with Gasteiger partial charge in [0.05, 0.1) is 18.3 Å². The van der Waals surface area contributed by atoms with Crippen molar-refractivity contribution in [1.29, 1.82) is 0 Å². The van der Waals surface area contributed by atoms with E-state index in [2.05, 4.69) is 38.1 Å². The summed E-state index contributed by atoms with van der Waals surface area (Å²) in [5.74, 6) is -0.772. The Kier molecular flexibility index (Phi) is 3.32. The summed E-state index contributed by atoms with van der Waals surface area (Å²) in [6.45, 7) is 10.1. The van der Waals surface area contributed by atoms with Gasteiger partial charge in [0, 0.05) is 23.7 Å². The second-order valence-corrected chi connectivity index (χ2v) is 8.68. The van der Waals surface area contributed by atoms with E-state index in [4.69, 9.17) is 9.47 Å². The summed E-state index contributed by atoms with van der Waals surface area (Å²) in [6, 6.07) is 8.41. The van der Waals surface area contributed by atoms with Crippen LogP contribution in [0.5, 0.6) is 0 Å². The van der Waals surface area contributed by atoms with Crippen molar-refractivity contribution in [1.82, 2.24) is 0 Å². The van der Waals surface area contributed by atoms with Gasteiger partial charge in [0.15, 0.2) is 5.79 Å². The summed E-state index contributed by atoms with van der Waals surface area (Å²) in [7, 11) is 0. The fraction of sp³-hybridized carbons (Fsp3) is 0.700. The van der Waals surface area contributed by atoms with Gasteiger partial charge in [-0.25, -0.2) is 0 Å². The molecular formula is C20H28O4. The van der Waals surface area contributed by atoms with Crippen LogP contribution in [0.15, 0.2) is 24.3 Å². The molecule has 0 amide bonds. The smallest absolute Gasteiger partial charge is 0.169 e. The predicted molar refractivity (Wildman–Crippen MR) is 90.4 cm³/mol. The lowest BCUT2D eigenvalue weighted by molar-refractivity contribution is -0.188. The van der Waals surface area contributed by atoms with Crippen LogP contribution in [-0.4, -0.2) is 39.9 Å². The topological polar surface area (TPSA) is 58.9 Å². The highest BCUT2D eigenvalue weighted by Gasteiger charge is 2.81. The van der Waals surface area contributed by atoms with Crippen molar-refractivity contribution in [3.63, 3.8) is 0 Å². The van der Waals surface area contributed by atoms with E-state index in [0.29, 0.717) is 0 Å². The molecule has 1 aliphatic carbocycles. The van der Waals surface area contributed by atoms with Gasteiger partial charge < -0.3 is 19.7 Å². The Balaban J connectivity index is 1.77. The van der Waals surface area contributed by atoms with Crippen molar-refractivity contribution in [2.45, 2.75) is 70.7 Å². The van der Waals surface area contributed by atoms with Crippen molar-refractivity contribution in [3.8, 4) is 0 Å². The van der Waals surface area contributed by atoms with Crippen molar-refractivity contribution in [2.24, 2.45) is 17.3 Å². The second-order valence-electron chi connectivity index (χ2n) is 8.68. The van der Waals surface area contributed by atoms with Crippen molar-refractivity contribution >= 4 is 0 Å². The van der Waals surface area contributed by atoms with Crippen LogP contribution >= 0.6 is 0 Å². The SMILES string of the molecule is Cc1cccc(C[C@H]2O[C@]3(C)O[C@@]24[C@@H]([C@@H](O)[C@H](O)C4(C)C)[C@H]3C)c1. The van der Waals surface area contributed by atoms with Crippen molar-refractivity contribution < 1.29 is 19.7 Å². The van der Waals surface area contributed by atoms with E-state index in [1.165, 1.54) is 11.1 Å². The summed E-state index contributed by atoms with van der Waals surface area (Å²) in [4.78, 5) is 0. The molecule has 0 radical (unpaired) electrons. The van der Waals surface area contributed by atoms with Gasteiger partial charge in [0.25, 0.3) is 0 Å². The van der Waals surface area contributed by atoms with E-state index in [0.717, 1.165) is 6.42 Å². The van der Waals surface area contributed by atoms with E-state index < -0.39 is 29.0 Å². The lowest BCUT2D eigenvalue weighted by Gasteiger charge is -2.44. The quantitative estimate of drug-likeness (QED) is 0.873. The molecule has 0 unspecified atom stereocenters. The Labute approximate surface area is 143 Å². The zero-order chi connectivity index (χ0) is 17.5. The Bertz CT molecular complexity index is 671. The maximum absolute atomic E-state index is 10.7. The summed E-state index contributed by atoms with van der Waals surface area (Å²) in [5, 5.41) is 21.4. The first kappa shape index (κ1) is 16.5. The number of aliphatic hydroxyl groups is 2. The van der Waals surface area contributed by atoms with Crippen LogP contribution in [0.4, 0.5) is 0 Å². The van der Waals surface area contributed by atoms with E-state index in [-0.39, 0.29) is 17.9 Å². The molecule has 4 heteroatoms. The average molecular weight is 332 g/mol. The predicted octanol–water partition coefficient (Wildman–Crippen LogP) is 2.44. The minimum Gasteiger partial charge on any atom is -0.390 e. The van der Waals surface area contributed by atoms with Gasteiger partial charge in [0.1, 0.15) is 5.60 Å². The number of fused-ring (bicyclic) bond motifs is 1. The molecule has 2 heterocycles. The van der Waals surface area contributed by atoms with Crippen LogP contribution in [0.25, 0.3) is 0 Å². The molecule has 3 aliphatic rings. The Morgan fingerprint density at radius 3 is 2.54 bits per heavy atom. The molecule has 1 spiro atoms. The minimum atomic E-state index is -0.809. The van der Waals surface area contributed by atoms with Gasteiger partial charge in [-0.1, -0.05) is 50.6 Å². The number of ether oxygens (including phenoxy) is 2. The summed E-state index contributed by atoms with van der Waals surface area (Å²) < 4.78 is 12.9. The highest BCUT2D eigenvalue weighted by molar-refractivity contribution is 5.29. The van der Waals surface area contributed by atoms with Gasteiger partial charge in [-0.3, -0.25) is 0 Å². The molecule has 3 fully saturated rings. The Morgan fingerprint density at radius 2 is 1.88 bits per heavy atom. The molecule has 2 saturated heterocycles. The van der Waals surface area contributed by atoms with Crippen LogP contribution in [0.1, 0.15) is 38.8 Å². The van der Waals surface area contributed by atoms with Gasteiger partial charge in [-0.15, -0.1) is 0 Å². The molecular weight excluding hydrogens is 304 g/mol. The molecule has 1 aromatic rings. The first-order valence-electron chi connectivity index (χ1n) is 8.93. The van der Waals surface area contributed by atoms with Gasteiger partial charge >= 0.3 is 0 Å². The summed E-state index contributed by atoms with van der Waals surface area (Å²) in [6.07, 6.45) is -1.03. The lowest BCUT2D eigenvalue weighted by atomic mass is 9.66. The molecule has 7 atom stereocenters. The van der Waals surface area contributed by atoms with E-state index in [9.17, 15) is 10.2 Å². The van der Waals surface area contributed by atoms with E-state index in [1.807, 2.05) is 20.8 Å². The molecule has 2 N–H and O–H groups in total. The maximum atomic E-state index is 10.7. The molecule has 4 nitrogen and oxygen atoms in total. The molecule has 0 aromatic heterocycles. The number of hydrogen-bond acceptors (Lipinski definition) is 4. The third kappa shape index (κ3) is 1.78. The van der Waals surface area contributed by atoms with Crippen LogP contribution in [0.2, 0.25) is 0 Å². The van der Waals surface area contributed by atoms with Crippen LogP contribution in [-0.2, 0) is 15.9 Å². The largest absolute Gasteiger partial charge is 0.390 e. The first-order valence-corrected chi connectivity index (χ1v) is 8.93. The fourth-order valence-electron chi connectivity index (χ4n) is 5.60. The van der Waals surface area contributed by atoms with E-state index in [1.54, 1.807) is 0 Å². The van der Waals surface area contributed by atoms with E-state index >= 15 is 0 Å². The fourth-order valence-corrected chi connectivity index (χ4v) is 5.60. The normalized spacial score (nSPS) is 48.7. The molecule has 24 heavy (non-hydrogen) atoms. The average Bonchev–Trinajstić information content (AvgIpc) is 2.98. The number of hydrogen-bond donors (Lipinski definition) is 2. The van der Waals surface area contributed by atoms with Gasteiger partial charge in [-0.2, -0.15) is 0 Å². The molecule has 4 rings (SSSR count). The summed E-state index contributed by atoms with van der Waals surface area (Å²) in [5.41, 5.74) is 1.18. The molecule has 132 valence electrons. The van der Waals surface area contributed by atoms with Crippen LogP contribution < -0.4 is 0 Å². The zero-order valence-electron chi connectivity index (χ0n) is 15.1. The highest BCUT2D eigenvalue weighted by atomic mass is 16.8. The molecule has 2 aliphatic heterocycles. The van der Waals surface area contributed by atoms with Crippen molar-refractivity contribution in [3.05, 3.63) is 35.4 Å². The Morgan fingerprint density at radius 1 is 1.17 bits per heavy atom. The van der Waals surface area contributed by atoms with Crippen molar-refractivity contribution in [2.75, 3.05) is 0 Å². The maximum Gasteiger partial charge on any atom is 0.169 e. The molecule has 1 aromatic carbocycles. The zero-order valence-corrected chi connectivity index (χ0v) is 15.1. The Hall–Kier alpha value is -0.940. The highest BCUT2D eigenvalue weighted by Crippen LogP contribution is 2.69. The standard InChI is InChI=1S/C20H28O4/c1-11-7-6-8-13(9-11)10-14-20-15(12(2)19(5,23-14)24-20)16(21)17(22)18(20,3)4/h6-9,12,14-17,21-22H,10H2,1-5H3/t12-,14-,15-,16-,17+,19-,20-/m1/s1. The third-order valence-corrected chi connectivity index (χ3v) is 7.03. The number of benzene rings is 1. The molecule has 1 saturated carbocycles. The number of aryl methyl sites for hydroxylation is 1. The minimum absolute atomic E-state index is 0.0395.